The molecule has 9 heteroatoms. The number of hydrogen-bond donors (Lipinski definition) is 4. The second-order valence-electron chi connectivity index (χ2n) is 8.16. The second-order valence-corrected chi connectivity index (χ2v) is 8.16. The summed E-state index contributed by atoms with van der Waals surface area (Å²) in [5.41, 5.74) is 10.9. The standard InChI is InChI=1S/C24H27N5O4/c1-14-9-17(10-15(2)22(14)31)12-26-24-21(23(25)32)19(27-28-24)11-16-3-5-18(6-4-16)29-7-8-33-13-20(29)30/h3-6,9-10,31H,7-8,11-13H2,1-2H3,(H2,25,32)(H2,26,27,28). The van der Waals surface area contributed by atoms with Gasteiger partial charge in [-0.1, -0.05) is 24.3 Å². The highest BCUT2D eigenvalue weighted by atomic mass is 16.5. The van der Waals surface area contributed by atoms with Gasteiger partial charge >= 0.3 is 0 Å². The zero-order chi connectivity index (χ0) is 23.5. The number of phenolic OH excluding ortho intramolecular Hbond substituents is 1. The molecular weight excluding hydrogens is 422 g/mol. The van der Waals surface area contributed by atoms with Gasteiger partial charge < -0.3 is 25.8 Å². The van der Waals surface area contributed by atoms with Gasteiger partial charge in [0.2, 0.25) is 0 Å². The third kappa shape index (κ3) is 4.83. The van der Waals surface area contributed by atoms with Gasteiger partial charge in [-0.05, 0) is 48.2 Å². The van der Waals surface area contributed by atoms with E-state index in [2.05, 4.69) is 15.5 Å². The van der Waals surface area contributed by atoms with Gasteiger partial charge in [0.1, 0.15) is 17.9 Å². The average molecular weight is 450 g/mol. The van der Waals surface area contributed by atoms with Crippen LogP contribution in [0.25, 0.3) is 0 Å². The Morgan fingerprint density at radius 3 is 2.55 bits per heavy atom. The van der Waals surface area contributed by atoms with E-state index in [1.54, 1.807) is 4.90 Å². The fourth-order valence-electron chi connectivity index (χ4n) is 4.02. The molecule has 0 atom stereocenters. The third-order valence-electron chi connectivity index (χ3n) is 5.71. The van der Waals surface area contributed by atoms with Gasteiger partial charge in [-0.15, -0.1) is 0 Å². The third-order valence-corrected chi connectivity index (χ3v) is 5.71. The van der Waals surface area contributed by atoms with Crippen LogP contribution in [0.1, 0.15) is 38.3 Å². The molecule has 0 radical (unpaired) electrons. The zero-order valence-electron chi connectivity index (χ0n) is 18.6. The number of hydrogen-bond acceptors (Lipinski definition) is 6. The number of benzene rings is 2. The van der Waals surface area contributed by atoms with Crippen LogP contribution >= 0.6 is 0 Å². The number of carbonyl (C=O) groups excluding carboxylic acids is 2. The highest BCUT2D eigenvalue weighted by molar-refractivity contribution is 5.99. The van der Waals surface area contributed by atoms with Gasteiger partial charge in [0.05, 0.1) is 12.3 Å². The number of amides is 2. The molecule has 0 bridgehead atoms. The van der Waals surface area contributed by atoms with Crippen molar-refractivity contribution in [1.29, 1.82) is 0 Å². The lowest BCUT2D eigenvalue weighted by molar-refractivity contribution is -0.125. The number of phenols is 1. The van der Waals surface area contributed by atoms with Crippen molar-refractivity contribution >= 4 is 23.3 Å². The summed E-state index contributed by atoms with van der Waals surface area (Å²) in [7, 11) is 0. The van der Waals surface area contributed by atoms with Gasteiger partial charge in [0.25, 0.3) is 11.8 Å². The summed E-state index contributed by atoms with van der Waals surface area (Å²) in [6.45, 7) is 5.25. The first-order valence-corrected chi connectivity index (χ1v) is 10.7. The minimum absolute atomic E-state index is 0.0617. The van der Waals surface area contributed by atoms with Crippen LogP contribution in [0.5, 0.6) is 5.75 Å². The van der Waals surface area contributed by atoms with Crippen molar-refractivity contribution in [2.45, 2.75) is 26.8 Å². The van der Waals surface area contributed by atoms with Crippen LogP contribution < -0.4 is 16.0 Å². The number of aromatic amines is 1. The first kappa shape index (κ1) is 22.3. The van der Waals surface area contributed by atoms with E-state index >= 15 is 0 Å². The Balaban J connectivity index is 1.49. The van der Waals surface area contributed by atoms with E-state index in [0.29, 0.717) is 43.2 Å². The molecule has 1 saturated heterocycles. The summed E-state index contributed by atoms with van der Waals surface area (Å²) in [5.74, 6) is 0.0298. The van der Waals surface area contributed by atoms with Crippen LogP contribution in [0.3, 0.4) is 0 Å². The number of morpholine rings is 1. The number of nitrogens with one attached hydrogen (secondary N) is 2. The molecule has 0 unspecified atom stereocenters. The molecule has 2 heterocycles. The molecule has 3 aromatic rings. The molecule has 0 spiro atoms. The van der Waals surface area contributed by atoms with Crippen LogP contribution in [0.2, 0.25) is 0 Å². The van der Waals surface area contributed by atoms with Crippen LogP contribution in [0, 0.1) is 13.8 Å². The molecule has 1 aliphatic heterocycles. The Labute approximate surface area is 191 Å². The molecule has 2 aromatic carbocycles. The lowest BCUT2D eigenvalue weighted by Crippen LogP contribution is -2.41. The molecule has 1 fully saturated rings. The predicted octanol–water partition coefficient (Wildman–Crippen LogP) is 2.40. The number of anilines is 2. The smallest absolute Gasteiger partial charge is 0.254 e. The first-order chi connectivity index (χ1) is 15.8. The first-order valence-electron chi connectivity index (χ1n) is 10.7. The maximum absolute atomic E-state index is 12.2. The van der Waals surface area contributed by atoms with Gasteiger partial charge in [0.15, 0.2) is 5.82 Å². The number of nitrogens with zero attached hydrogens (tertiary/aromatic N) is 2. The molecule has 2 amide bonds. The fraction of sp³-hybridized carbons (Fsp3) is 0.292. The van der Waals surface area contributed by atoms with Crippen molar-refractivity contribution < 1.29 is 19.4 Å². The van der Waals surface area contributed by atoms with E-state index in [4.69, 9.17) is 10.5 Å². The number of aromatic hydroxyl groups is 1. The molecule has 33 heavy (non-hydrogen) atoms. The summed E-state index contributed by atoms with van der Waals surface area (Å²) < 4.78 is 5.18. The van der Waals surface area contributed by atoms with E-state index in [1.807, 2.05) is 50.2 Å². The Hall–Kier alpha value is -3.85. The van der Waals surface area contributed by atoms with Crippen molar-refractivity contribution in [3.05, 3.63) is 69.9 Å². The number of carbonyl (C=O) groups is 2. The zero-order valence-corrected chi connectivity index (χ0v) is 18.6. The van der Waals surface area contributed by atoms with Crippen LogP contribution in [-0.2, 0) is 22.5 Å². The van der Waals surface area contributed by atoms with Crippen LogP contribution in [-0.4, -0.2) is 46.9 Å². The molecule has 9 nitrogen and oxygen atoms in total. The molecule has 1 aliphatic rings. The maximum Gasteiger partial charge on any atom is 0.254 e. The highest BCUT2D eigenvalue weighted by Crippen LogP contribution is 2.25. The average Bonchev–Trinajstić information content (AvgIpc) is 3.19. The minimum Gasteiger partial charge on any atom is -0.507 e. The lowest BCUT2D eigenvalue weighted by Gasteiger charge is -2.26. The Morgan fingerprint density at radius 1 is 1.21 bits per heavy atom. The predicted molar refractivity (Wildman–Crippen MR) is 124 cm³/mol. The quantitative estimate of drug-likeness (QED) is 0.438. The van der Waals surface area contributed by atoms with Gasteiger partial charge in [-0.25, -0.2) is 0 Å². The van der Waals surface area contributed by atoms with E-state index in [1.165, 1.54) is 0 Å². The summed E-state index contributed by atoms with van der Waals surface area (Å²) in [6, 6.07) is 11.4. The summed E-state index contributed by atoms with van der Waals surface area (Å²) in [5, 5.41) is 20.3. The molecule has 5 N–H and O–H groups in total. The van der Waals surface area contributed by atoms with Gasteiger partial charge in [-0.3, -0.25) is 14.7 Å². The molecule has 1 aromatic heterocycles. The number of aryl methyl sites for hydroxylation is 2. The topological polar surface area (TPSA) is 134 Å². The van der Waals surface area contributed by atoms with Crippen molar-refractivity contribution in [3.8, 4) is 5.75 Å². The monoisotopic (exact) mass is 449 g/mol. The van der Waals surface area contributed by atoms with Gasteiger partial charge in [0, 0.05) is 25.2 Å². The Kier molecular flexibility index (Phi) is 6.32. The molecule has 0 saturated carbocycles. The number of rotatable bonds is 7. The van der Waals surface area contributed by atoms with E-state index < -0.39 is 5.91 Å². The van der Waals surface area contributed by atoms with Crippen molar-refractivity contribution in [2.75, 3.05) is 30.0 Å². The van der Waals surface area contributed by atoms with Crippen LogP contribution in [0.4, 0.5) is 11.5 Å². The minimum atomic E-state index is -0.574. The molecule has 4 rings (SSSR count). The summed E-state index contributed by atoms with van der Waals surface area (Å²) >= 11 is 0. The van der Waals surface area contributed by atoms with E-state index in [9.17, 15) is 14.7 Å². The molecule has 0 aliphatic carbocycles. The number of nitrogens with two attached hydrogens (primary N) is 1. The number of aromatic nitrogens is 2. The Bertz CT molecular complexity index is 1160. The fourth-order valence-corrected chi connectivity index (χ4v) is 4.02. The van der Waals surface area contributed by atoms with Crippen molar-refractivity contribution in [1.82, 2.24) is 10.2 Å². The van der Waals surface area contributed by atoms with Crippen molar-refractivity contribution in [2.24, 2.45) is 5.73 Å². The van der Waals surface area contributed by atoms with Gasteiger partial charge in [-0.2, -0.15) is 5.10 Å². The summed E-state index contributed by atoms with van der Waals surface area (Å²) in [4.78, 5) is 25.9. The van der Waals surface area contributed by atoms with E-state index in [-0.39, 0.29) is 18.3 Å². The molecule has 172 valence electrons. The lowest BCUT2D eigenvalue weighted by atomic mass is 10.0. The Morgan fingerprint density at radius 2 is 1.91 bits per heavy atom. The normalized spacial score (nSPS) is 13.9. The number of H-pyrrole nitrogens is 1. The second kappa shape index (κ2) is 9.33. The SMILES string of the molecule is Cc1cc(CNc2n[nH]c(Cc3ccc(N4CCOCC4=O)cc3)c2C(N)=O)cc(C)c1O. The summed E-state index contributed by atoms with van der Waals surface area (Å²) in [6.07, 6.45) is 0.432. The maximum atomic E-state index is 12.2. The van der Waals surface area contributed by atoms with E-state index in [0.717, 1.165) is 27.9 Å². The van der Waals surface area contributed by atoms with Crippen molar-refractivity contribution in [3.63, 3.8) is 0 Å². The largest absolute Gasteiger partial charge is 0.507 e. The molecular formula is C24H27N5O4. The number of primary amides is 1. The number of ether oxygens (including phenoxy) is 1. The van der Waals surface area contributed by atoms with Crippen LogP contribution in [0.15, 0.2) is 36.4 Å². The highest BCUT2D eigenvalue weighted by Gasteiger charge is 2.21.